The third kappa shape index (κ3) is 1.69. The second-order valence-corrected chi connectivity index (χ2v) is 4.67. The van der Waals surface area contributed by atoms with E-state index < -0.39 is 24.1 Å². The lowest BCUT2D eigenvalue weighted by Crippen LogP contribution is -2.30. The molecule has 2 aromatic rings. The lowest BCUT2D eigenvalue weighted by atomic mass is 10.1. The highest BCUT2D eigenvalue weighted by Gasteiger charge is 2.36. The molecule has 8 heteroatoms. The molecule has 0 bridgehead atoms. The summed E-state index contributed by atoms with van der Waals surface area (Å²) in [4.78, 5) is 7.68. The van der Waals surface area contributed by atoms with E-state index in [-0.39, 0.29) is 29.0 Å². The van der Waals surface area contributed by atoms with Crippen molar-refractivity contribution in [2.75, 3.05) is 12.3 Å². The highest BCUT2D eigenvalue weighted by atomic mass is 19.1. The van der Waals surface area contributed by atoms with Crippen molar-refractivity contribution < 1.29 is 19.7 Å². The van der Waals surface area contributed by atoms with E-state index in [4.69, 9.17) is 10.8 Å². The molecule has 5 N–H and O–H groups in total. The van der Waals surface area contributed by atoms with Crippen molar-refractivity contribution in [1.29, 1.82) is 0 Å². The molecule has 106 valence electrons. The van der Waals surface area contributed by atoms with Gasteiger partial charge in [-0.3, -0.25) is 0 Å². The van der Waals surface area contributed by atoms with Crippen molar-refractivity contribution in [1.82, 2.24) is 14.5 Å². The van der Waals surface area contributed by atoms with Crippen LogP contribution in [-0.4, -0.2) is 48.7 Å². The number of anilines is 1. The van der Waals surface area contributed by atoms with Gasteiger partial charge in [-0.05, 0) is 5.57 Å². The van der Waals surface area contributed by atoms with Gasteiger partial charge in [-0.2, -0.15) is 0 Å². The Kier molecular flexibility index (Phi) is 2.93. The SMILES string of the molecule is Nc1ncnc2c1c(F)cn2[C@@H]1C=C(CO)[C@H](O)[C@@H]1O. The Balaban J connectivity index is 2.17. The molecule has 2 aromatic heterocycles. The van der Waals surface area contributed by atoms with Gasteiger partial charge in [0, 0.05) is 6.20 Å². The summed E-state index contributed by atoms with van der Waals surface area (Å²) in [7, 11) is 0. The van der Waals surface area contributed by atoms with Crippen molar-refractivity contribution in [3.05, 3.63) is 30.0 Å². The van der Waals surface area contributed by atoms with Gasteiger partial charge in [0.15, 0.2) is 5.82 Å². The van der Waals surface area contributed by atoms with Gasteiger partial charge in [-0.25, -0.2) is 14.4 Å². The summed E-state index contributed by atoms with van der Waals surface area (Å²) in [6.45, 7) is -0.381. The first kappa shape index (κ1) is 13.0. The molecule has 2 heterocycles. The van der Waals surface area contributed by atoms with Crippen LogP contribution in [0.3, 0.4) is 0 Å². The number of nitrogens with zero attached hydrogens (tertiary/aromatic N) is 3. The molecule has 1 aliphatic rings. The maximum Gasteiger partial charge on any atom is 0.154 e. The normalized spacial score (nSPS) is 26.2. The highest BCUT2D eigenvalue weighted by molar-refractivity contribution is 5.87. The summed E-state index contributed by atoms with van der Waals surface area (Å²) < 4.78 is 15.3. The molecule has 0 radical (unpaired) electrons. The van der Waals surface area contributed by atoms with Crippen LogP contribution in [0.1, 0.15) is 6.04 Å². The molecule has 20 heavy (non-hydrogen) atoms. The van der Waals surface area contributed by atoms with Crippen molar-refractivity contribution in [3.8, 4) is 0 Å². The quantitative estimate of drug-likeness (QED) is 0.543. The zero-order valence-corrected chi connectivity index (χ0v) is 10.3. The summed E-state index contributed by atoms with van der Waals surface area (Å²) in [6.07, 6.45) is 1.45. The van der Waals surface area contributed by atoms with E-state index in [1.807, 2.05) is 0 Å². The molecule has 7 nitrogen and oxygen atoms in total. The Morgan fingerprint density at radius 2 is 2.10 bits per heavy atom. The van der Waals surface area contributed by atoms with Crippen LogP contribution in [0.4, 0.5) is 10.2 Å². The van der Waals surface area contributed by atoms with Crippen molar-refractivity contribution in [3.63, 3.8) is 0 Å². The van der Waals surface area contributed by atoms with Gasteiger partial charge >= 0.3 is 0 Å². The first-order chi connectivity index (χ1) is 9.54. The Bertz CT molecular complexity index is 699. The summed E-state index contributed by atoms with van der Waals surface area (Å²) >= 11 is 0. The van der Waals surface area contributed by atoms with Crippen molar-refractivity contribution >= 4 is 16.9 Å². The Morgan fingerprint density at radius 3 is 2.75 bits per heavy atom. The molecular formula is C12H13FN4O3. The number of rotatable bonds is 2. The molecule has 0 aliphatic heterocycles. The predicted octanol–water partition coefficient (Wildman–Crippen LogP) is -0.652. The summed E-state index contributed by atoms with van der Waals surface area (Å²) in [5, 5.41) is 29.0. The molecule has 0 spiro atoms. The zero-order valence-electron chi connectivity index (χ0n) is 10.3. The third-order valence-electron chi connectivity index (χ3n) is 3.53. The van der Waals surface area contributed by atoms with Gasteiger partial charge in [0.2, 0.25) is 0 Å². The van der Waals surface area contributed by atoms with E-state index in [0.717, 1.165) is 6.20 Å². The number of nitrogens with two attached hydrogens (primary N) is 1. The van der Waals surface area contributed by atoms with Crippen molar-refractivity contribution in [2.45, 2.75) is 18.2 Å². The van der Waals surface area contributed by atoms with Crippen LogP contribution in [0.25, 0.3) is 11.0 Å². The largest absolute Gasteiger partial charge is 0.392 e. The predicted molar refractivity (Wildman–Crippen MR) is 68.1 cm³/mol. The minimum atomic E-state index is -1.19. The van der Waals surface area contributed by atoms with Gasteiger partial charge < -0.3 is 25.6 Å². The average Bonchev–Trinajstić information content (AvgIpc) is 2.90. The molecule has 0 aromatic carbocycles. The van der Waals surface area contributed by atoms with Crippen LogP contribution < -0.4 is 5.73 Å². The lowest BCUT2D eigenvalue weighted by molar-refractivity contribution is 0.0288. The Morgan fingerprint density at radius 1 is 1.35 bits per heavy atom. The molecule has 0 saturated heterocycles. The maximum atomic E-state index is 13.9. The molecule has 1 aliphatic carbocycles. The van der Waals surface area contributed by atoms with Gasteiger partial charge in [-0.1, -0.05) is 6.08 Å². The second-order valence-electron chi connectivity index (χ2n) is 4.67. The highest BCUT2D eigenvalue weighted by Crippen LogP contribution is 2.33. The van der Waals surface area contributed by atoms with Crippen LogP contribution in [-0.2, 0) is 0 Å². The number of hydrogen-bond acceptors (Lipinski definition) is 6. The van der Waals surface area contributed by atoms with Crippen LogP contribution in [0, 0.1) is 5.82 Å². The molecule has 3 atom stereocenters. The number of fused-ring (bicyclic) bond motifs is 1. The minimum Gasteiger partial charge on any atom is -0.392 e. The number of nitrogen functional groups attached to an aromatic ring is 1. The first-order valence-corrected chi connectivity index (χ1v) is 5.98. The fourth-order valence-electron chi connectivity index (χ4n) is 2.50. The number of hydrogen-bond donors (Lipinski definition) is 4. The van der Waals surface area contributed by atoms with Crippen LogP contribution in [0.5, 0.6) is 0 Å². The van der Waals surface area contributed by atoms with Gasteiger partial charge in [0.25, 0.3) is 0 Å². The molecule has 0 unspecified atom stereocenters. The van der Waals surface area contributed by atoms with E-state index in [0.29, 0.717) is 0 Å². The molecule has 0 amide bonds. The Hall–Kier alpha value is -2.03. The second kappa shape index (κ2) is 4.51. The van der Waals surface area contributed by atoms with Gasteiger partial charge in [0.05, 0.1) is 18.0 Å². The maximum absolute atomic E-state index is 13.9. The Labute approximate surface area is 112 Å². The van der Waals surface area contributed by atoms with Gasteiger partial charge in [-0.15, -0.1) is 0 Å². The smallest absolute Gasteiger partial charge is 0.154 e. The summed E-state index contributed by atoms with van der Waals surface area (Å²) in [6, 6.07) is -0.728. The molecule has 3 rings (SSSR count). The standard InChI is InChI=1S/C12H13FN4O3/c13-6-2-17(12-8(6)11(14)15-4-16-12)7-1-5(3-18)9(19)10(7)20/h1-2,4,7,9-10,18-20H,3H2,(H2,14,15,16)/t7-,9+,10-/m1/s1. The van der Waals surface area contributed by atoms with E-state index in [9.17, 15) is 14.6 Å². The van der Waals surface area contributed by atoms with E-state index in [1.54, 1.807) is 0 Å². The monoisotopic (exact) mass is 280 g/mol. The average molecular weight is 280 g/mol. The summed E-state index contributed by atoms with van der Waals surface area (Å²) in [5.41, 5.74) is 6.12. The van der Waals surface area contributed by atoms with Crippen molar-refractivity contribution in [2.24, 2.45) is 0 Å². The lowest BCUT2D eigenvalue weighted by Gasteiger charge is -2.19. The number of aliphatic hydroxyl groups is 3. The van der Waals surface area contributed by atoms with E-state index in [1.165, 1.54) is 17.0 Å². The van der Waals surface area contributed by atoms with Crippen LogP contribution in [0.2, 0.25) is 0 Å². The minimum absolute atomic E-state index is 0.00523. The zero-order chi connectivity index (χ0) is 14.4. The molecule has 0 fully saturated rings. The van der Waals surface area contributed by atoms with E-state index in [2.05, 4.69) is 9.97 Å². The van der Waals surface area contributed by atoms with Crippen LogP contribution in [0.15, 0.2) is 24.2 Å². The first-order valence-electron chi connectivity index (χ1n) is 5.98. The molecular weight excluding hydrogens is 267 g/mol. The molecule has 0 saturated carbocycles. The topological polar surface area (TPSA) is 117 Å². The fraction of sp³-hybridized carbons (Fsp3) is 0.333. The summed E-state index contributed by atoms with van der Waals surface area (Å²) in [5.74, 6) is -0.601. The number of aliphatic hydroxyl groups excluding tert-OH is 3. The number of halogens is 1. The van der Waals surface area contributed by atoms with Gasteiger partial charge in [0.1, 0.15) is 30.0 Å². The number of aromatic nitrogens is 3. The third-order valence-corrected chi connectivity index (χ3v) is 3.53. The fourth-order valence-corrected chi connectivity index (χ4v) is 2.50. The van der Waals surface area contributed by atoms with Crippen LogP contribution >= 0.6 is 0 Å². The van der Waals surface area contributed by atoms with E-state index >= 15 is 0 Å².